The Morgan fingerprint density at radius 2 is 1.90 bits per heavy atom. The first-order valence-corrected chi connectivity index (χ1v) is 6.45. The van der Waals surface area contributed by atoms with Gasteiger partial charge in [-0.05, 0) is 29.8 Å². The van der Waals surface area contributed by atoms with Gasteiger partial charge in [-0.15, -0.1) is 0 Å². The number of nitrogen functional groups attached to an aromatic ring is 1. The molecule has 0 saturated heterocycles. The van der Waals surface area contributed by atoms with Crippen LogP contribution in [0.4, 0.5) is 20.2 Å². The molecule has 2 aromatic carbocycles. The number of aromatic nitrogens is 1. The summed E-state index contributed by atoms with van der Waals surface area (Å²) >= 11 is 0. The first-order chi connectivity index (χ1) is 10.1. The molecule has 0 aliphatic heterocycles. The lowest BCUT2D eigenvalue weighted by Gasteiger charge is -2.11. The topological polar surface area (TPSA) is 50.9 Å². The van der Waals surface area contributed by atoms with E-state index in [1.54, 1.807) is 12.4 Å². The molecule has 5 heteroatoms. The smallest absolute Gasteiger partial charge is 0.159 e. The Hall–Kier alpha value is -2.69. The third-order valence-electron chi connectivity index (χ3n) is 3.33. The molecule has 3 aromatic rings. The monoisotopic (exact) mass is 285 g/mol. The average Bonchev–Trinajstić information content (AvgIpc) is 2.50. The highest BCUT2D eigenvalue weighted by Crippen LogP contribution is 2.28. The lowest BCUT2D eigenvalue weighted by atomic mass is 10.1. The van der Waals surface area contributed by atoms with E-state index in [1.165, 1.54) is 12.1 Å². The summed E-state index contributed by atoms with van der Waals surface area (Å²) in [5, 5.41) is 4.99. The Bertz CT molecular complexity index is 803. The number of fused-ring (bicyclic) bond motifs is 1. The van der Waals surface area contributed by atoms with Gasteiger partial charge in [-0.2, -0.15) is 0 Å². The minimum Gasteiger partial charge on any atom is -0.397 e. The van der Waals surface area contributed by atoms with Crippen LogP contribution in [0, 0.1) is 11.6 Å². The maximum Gasteiger partial charge on any atom is 0.159 e. The highest BCUT2D eigenvalue weighted by molar-refractivity contribution is 5.98. The van der Waals surface area contributed by atoms with E-state index in [1.807, 2.05) is 18.2 Å². The largest absolute Gasteiger partial charge is 0.397 e. The number of halogens is 2. The first kappa shape index (κ1) is 13.3. The van der Waals surface area contributed by atoms with Crippen molar-refractivity contribution in [3.05, 3.63) is 66.0 Å². The fourth-order valence-electron chi connectivity index (χ4n) is 2.19. The molecule has 21 heavy (non-hydrogen) atoms. The molecule has 0 saturated carbocycles. The van der Waals surface area contributed by atoms with Crippen molar-refractivity contribution in [3.63, 3.8) is 0 Å². The summed E-state index contributed by atoms with van der Waals surface area (Å²) in [7, 11) is 0. The molecule has 0 spiro atoms. The predicted molar refractivity (Wildman–Crippen MR) is 79.8 cm³/mol. The zero-order valence-electron chi connectivity index (χ0n) is 11.1. The molecular formula is C16H13F2N3. The van der Waals surface area contributed by atoms with Gasteiger partial charge in [-0.25, -0.2) is 8.78 Å². The number of benzene rings is 2. The summed E-state index contributed by atoms with van der Waals surface area (Å²) in [6.07, 6.45) is 3.42. The summed E-state index contributed by atoms with van der Waals surface area (Å²) in [6, 6.07) is 9.41. The van der Waals surface area contributed by atoms with Crippen LogP contribution >= 0.6 is 0 Å². The second kappa shape index (κ2) is 5.36. The fraction of sp³-hybridized carbons (Fsp3) is 0.0625. The first-order valence-electron chi connectivity index (χ1n) is 6.45. The Labute approximate surface area is 120 Å². The molecule has 0 fully saturated rings. The summed E-state index contributed by atoms with van der Waals surface area (Å²) in [6.45, 7) is 0.359. The summed E-state index contributed by atoms with van der Waals surface area (Å²) in [4.78, 5) is 4.04. The maximum absolute atomic E-state index is 13.2. The molecule has 3 N–H and O–H groups in total. The Balaban J connectivity index is 1.85. The third-order valence-corrected chi connectivity index (χ3v) is 3.33. The number of nitrogens with one attached hydrogen (secondary N) is 1. The number of nitrogens with zero attached hydrogens (tertiary/aromatic N) is 1. The van der Waals surface area contributed by atoms with Gasteiger partial charge in [0.05, 0.1) is 11.4 Å². The van der Waals surface area contributed by atoms with Gasteiger partial charge < -0.3 is 11.1 Å². The van der Waals surface area contributed by atoms with Crippen molar-refractivity contribution in [2.45, 2.75) is 6.54 Å². The molecule has 106 valence electrons. The van der Waals surface area contributed by atoms with Crippen LogP contribution in [0.25, 0.3) is 10.8 Å². The number of anilines is 2. The Morgan fingerprint density at radius 1 is 1.05 bits per heavy atom. The van der Waals surface area contributed by atoms with E-state index in [2.05, 4.69) is 10.3 Å². The minimum atomic E-state index is -0.855. The van der Waals surface area contributed by atoms with Crippen LogP contribution < -0.4 is 11.1 Å². The van der Waals surface area contributed by atoms with Gasteiger partial charge in [0.2, 0.25) is 0 Å². The second-order valence-electron chi connectivity index (χ2n) is 4.73. The van der Waals surface area contributed by atoms with Crippen molar-refractivity contribution in [3.8, 4) is 0 Å². The zero-order chi connectivity index (χ0) is 14.8. The molecule has 0 aliphatic rings. The van der Waals surface area contributed by atoms with Crippen molar-refractivity contribution < 1.29 is 8.78 Å². The molecule has 1 aromatic heterocycles. The lowest BCUT2D eigenvalue weighted by molar-refractivity contribution is 0.507. The molecule has 0 atom stereocenters. The van der Waals surface area contributed by atoms with Crippen molar-refractivity contribution >= 4 is 22.1 Å². The van der Waals surface area contributed by atoms with E-state index in [0.717, 1.165) is 22.5 Å². The van der Waals surface area contributed by atoms with Gasteiger partial charge in [-0.3, -0.25) is 4.98 Å². The molecular weight excluding hydrogens is 272 g/mol. The quantitative estimate of drug-likeness (QED) is 0.721. The third kappa shape index (κ3) is 2.63. The molecule has 3 nitrogen and oxygen atoms in total. The van der Waals surface area contributed by atoms with Gasteiger partial charge in [0, 0.05) is 29.7 Å². The van der Waals surface area contributed by atoms with Crippen LogP contribution in [-0.2, 0) is 6.54 Å². The van der Waals surface area contributed by atoms with Crippen molar-refractivity contribution in [1.29, 1.82) is 0 Å². The van der Waals surface area contributed by atoms with Crippen LogP contribution in [0.2, 0.25) is 0 Å². The summed E-state index contributed by atoms with van der Waals surface area (Å²) < 4.78 is 26.0. The number of hydrogen-bond donors (Lipinski definition) is 2. The lowest BCUT2D eigenvalue weighted by Crippen LogP contribution is -2.03. The molecule has 0 bridgehead atoms. The van der Waals surface area contributed by atoms with Crippen LogP contribution in [-0.4, -0.2) is 4.98 Å². The SMILES string of the molecule is Nc1c(NCc2ccc(F)c(F)c2)ccc2cnccc12. The van der Waals surface area contributed by atoms with E-state index in [0.29, 0.717) is 17.8 Å². The number of nitrogens with two attached hydrogens (primary N) is 1. The molecule has 0 amide bonds. The maximum atomic E-state index is 13.2. The predicted octanol–water partition coefficient (Wildman–Crippen LogP) is 3.71. The van der Waals surface area contributed by atoms with Gasteiger partial charge >= 0.3 is 0 Å². The van der Waals surface area contributed by atoms with Crippen LogP contribution in [0.1, 0.15) is 5.56 Å². The highest BCUT2D eigenvalue weighted by atomic mass is 19.2. The van der Waals surface area contributed by atoms with Crippen LogP contribution in [0.3, 0.4) is 0 Å². The van der Waals surface area contributed by atoms with Crippen molar-refractivity contribution in [2.75, 3.05) is 11.1 Å². The molecule has 1 heterocycles. The van der Waals surface area contributed by atoms with Crippen molar-refractivity contribution in [1.82, 2.24) is 4.98 Å². The molecule has 0 radical (unpaired) electrons. The summed E-state index contributed by atoms with van der Waals surface area (Å²) in [5.74, 6) is -1.71. The zero-order valence-corrected chi connectivity index (χ0v) is 11.1. The number of hydrogen-bond acceptors (Lipinski definition) is 3. The van der Waals surface area contributed by atoms with Gasteiger partial charge in [0.1, 0.15) is 0 Å². The normalized spacial score (nSPS) is 10.8. The minimum absolute atomic E-state index is 0.359. The van der Waals surface area contributed by atoms with Crippen LogP contribution in [0.15, 0.2) is 48.8 Å². The van der Waals surface area contributed by atoms with E-state index >= 15 is 0 Å². The van der Waals surface area contributed by atoms with Crippen LogP contribution in [0.5, 0.6) is 0 Å². The second-order valence-corrected chi connectivity index (χ2v) is 4.73. The van der Waals surface area contributed by atoms with Gasteiger partial charge in [-0.1, -0.05) is 12.1 Å². The van der Waals surface area contributed by atoms with Gasteiger partial charge in [0.25, 0.3) is 0 Å². The van der Waals surface area contributed by atoms with E-state index in [9.17, 15) is 8.78 Å². The number of rotatable bonds is 3. The molecule has 0 aliphatic carbocycles. The number of pyridine rings is 1. The Morgan fingerprint density at radius 3 is 2.71 bits per heavy atom. The standard InChI is InChI=1S/C16H13F2N3/c17-13-3-1-10(7-14(13)18)8-21-15-4-2-11-9-20-6-5-12(11)16(15)19/h1-7,9,21H,8,19H2. The fourth-order valence-corrected chi connectivity index (χ4v) is 2.19. The molecule has 0 unspecified atom stereocenters. The highest BCUT2D eigenvalue weighted by Gasteiger charge is 2.06. The van der Waals surface area contributed by atoms with E-state index < -0.39 is 11.6 Å². The van der Waals surface area contributed by atoms with Gasteiger partial charge in [0.15, 0.2) is 11.6 Å². The van der Waals surface area contributed by atoms with E-state index in [-0.39, 0.29) is 0 Å². The summed E-state index contributed by atoms with van der Waals surface area (Å²) in [5.41, 5.74) is 8.11. The molecule has 3 rings (SSSR count). The van der Waals surface area contributed by atoms with E-state index in [4.69, 9.17) is 5.73 Å². The average molecular weight is 285 g/mol. The van der Waals surface area contributed by atoms with Crippen molar-refractivity contribution in [2.24, 2.45) is 0 Å². The Kier molecular flexibility index (Phi) is 3.39.